The van der Waals surface area contributed by atoms with Crippen LogP contribution in [0.15, 0.2) is 36.4 Å². The summed E-state index contributed by atoms with van der Waals surface area (Å²) in [7, 11) is 0. The highest BCUT2D eigenvalue weighted by atomic mass is 32.1. The van der Waals surface area contributed by atoms with E-state index in [0.717, 1.165) is 62.1 Å². The van der Waals surface area contributed by atoms with Crippen LogP contribution in [0, 0.1) is 11.8 Å². The Bertz CT molecular complexity index is 974. The number of benzene rings is 1. The van der Waals surface area contributed by atoms with Gasteiger partial charge < -0.3 is 19.6 Å². The minimum Gasteiger partial charge on any atom is -0.449 e. The zero-order valence-electron chi connectivity index (χ0n) is 20.4. The van der Waals surface area contributed by atoms with Gasteiger partial charge in [-0.2, -0.15) is 0 Å². The van der Waals surface area contributed by atoms with Gasteiger partial charge in [0.25, 0.3) is 0 Å². The molecule has 34 heavy (non-hydrogen) atoms. The predicted octanol–water partition coefficient (Wildman–Crippen LogP) is 6.50. The Morgan fingerprint density at radius 1 is 1.06 bits per heavy atom. The Kier molecular flexibility index (Phi) is 7.94. The molecule has 184 valence electrons. The number of likely N-dealkylation sites (tertiary alicyclic amines) is 1. The lowest BCUT2D eigenvalue weighted by Crippen LogP contribution is -2.51. The van der Waals surface area contributed by atoms with Gasteiger partial charge in [-0.3, -0.25) is 4.79 Å². The molecule has 0 radical (unpaired) electrons. The average molecular weight is 485 g/mol. The Hall–Kier alpha value is -2.38. The van der Waals surface area contributed by atoms with Crippen molar-refractivity contribution >= 4 is 29.1 Å². The molecule has 2 heterocycles. The fourth-order valence-corrected chi connectivity index (χ4v) is 6.29. The molecule has 4 rings (SSSR count). The topological polar surface area (TPSA) is 70.1 Å². The van der Waals surface area contributed by atoms with Crippen molar-refractivity contribution in [1.82, 2.24) is 4.90 Å². The van der Waals surface area contributed by atoms with Crippen LogP contribution in [0.5, 0.6) is 5.06 Å². The van der Waals surface area contributed by atoms with E-state index in [1.165, 1.54) is 11.3 Å². The molecule has 1 aromatic heterocycles. The van der Waals surface area contributed by atoms with Crippen LogP contribution in [0.25, 0.3) is 10.4 Å². The first-order valence-electron chi connectivity index (χ1n) is 12.5. The van der Waals surface area contributed by atoms with Crippen molar-refractivity contribution in [3.63, 3.8) is 0 Å². The number of nitrogens with zero attached hydrogens (tertiary/aromatic N) is 2. The number of anilines is 1. The van der Waals surface area contributed by atoms with Gasteiger partial charge in [0, 0.05) is 36.0 Å². The van der Waals surface area contributed by atoms with Gasteiger partial charge in [0.15, 0.2) is 0 Å². The molecule has 2 fully saturated rings. The van der Waals surface area contributed by atoms with Gasteiger partial charge >= 0.3 is 6.16 Å². The van der Waals surface area contributed by atoms with E-state index in [1.807, 2.05) is 41.3 Å². The van der Waals surface area contributed by atoms with Gasteiger partial charge in [0.05, 0.1) is 5.69 Å². The first-order chi connectivity index (χ1) is 16.3. The lowest BCUT2D eigenvalue weighted by molar-refractivity contribution is -0.124. The van der Waals surface area contributed by atoms with Crippen molar-refractivity contribution in [1.29, 1.82) is 0 Å². The van der Waals surface area contributed by atoms with Gasteiger partial charge in [0.1, 0.15) is 0 Å². The SMILES string of the molecule is CC1CCC(C(=O)N(c2cc(-c3ccccc3)sc2OC(=O)O)C2CCN(C(C)C)CC2)CC1. The second kappa shape index (κ2) is 10.9. The molecule has 1 aliphatic carbocycles. The summed E-state index contributed by atoms with van der Waals surface area (Å²) in [6.07, 6.45) is 4.31. The summed E-state index contributed by atoms with van der Waals surface area (Å²) in [4.78, 5) is 30.8. The number of rotatable bonds is 6. The largest absolute Gasteiger partial charge is 0.512 e. The Labute approximate surface area is 206 Å². The number of carbonyl (C=O) groups excluding carboxylic acids is 1. The molecular weight excluding hydrogens is 448 g/mol. The maximum atomic E-state index is 14.0. The van der Waals surface area contributed by atoms with Crippen LogP contribution in [-0.2, 0) is 4.79 Å². The van der Waals surface area contributed by atoms with E-state index in [0.29, 0.717) is 17.6 Å². The summed E-state index contributed by atoms with van der Waals surface area (Å²) in [6.45, 7) is 8.52. The second-order valence-corrected chi connectivity index (χ2v) is 11.1. The molecule has 7 heteroatoms. The van der Waals surface area contributed by atoms with Crippen molar-refractivity contribution in [3.8, 4) is 15.5 Å². The number of piperidine rings is 1. The summed E-state index contributed by atoms with van der Waals surface area (Å²) in [5.41, 5.74) is 1.60. The van der Waals surface area contributed by atoms with E-state index in [-0.39, 0.29) is 22.9 Å². The van der Waals surface area contributed by atoms with Crippen LogP contribution in [-0.4, -0.2) is 47.2 Å². The van der Waals surface area contributed by atoms with Crippen LogP contribution >= 0.6 is 11.3 Å². The van der Waals surface area contributed by atoms with Gasteiger partial charge in [-0.05, 0) is 69.9 Å². The maximum absolute atomic E-state index is 14.0. The molecule has 1 amide bonds. The first-order valence-corrected chi connectivity index (χ1v) is 13.3. The molecular formula is C27H36N2O4S. The van der Waals surface area contributed by atoms with Crippen molar-refractivity contribution in [2.75, 3.05) is 18.0 Å². The molecule has 0 bridgehead atoms. The number of carbonyl (C=O) groups is 2. The monoisotopic (exact) mass is 484 g/mol. The fraction of sp³-hybridized carbons (Fsp3) is 0.556. The van der Waals surface area contributed by atoms with Crippen molar-refractivity contribution < 1.29 is 19.4 Å². The predicted molar refractivity (Wildman–Crippen MR) is 137 cm³/mol. The van der Waals surface area contributed by atoms with E-state index < -0.39 is 6.16 Å². The summed E-state index contributed by atoms with van der Waals surface area (Å²) >= 11 is 1.30. The Balaban J connectivity index is 1.71. The third-order valence-electron chi connectivity index (χ3n) is 7.37. The van der Waals surface area contributed by atoms with Crippen LogP contribution in [0.1, 0.15) is 59.3 Å². The third-order valence-corrected chi connectivity index (χ3v) is 8.43. The molecule has 2 aliphatic rings. The van der Waals surface area contributed by atoms with Crippen LogP contribution in [0.2, 0.25) is 0 Å². The molecule has 1 aliphatic heterocycles. The fourth-order valence-electron chi connectivity index (χ4n) is 5.29. The number of amides is 1. The summed E-state index contributed by atoms with van der Waals surface area (Å²) in [5.74, 6) is 0.767. The zero-order chi connectivity index (χ0) is 24.2. The third kappa shape index (κ3) is 5.63. The van der Waals surface area contributed by atoms with Crippen LogP contribution < -0.4 is 9.64 Å². The van der Waals surface area contributed by atoms with Crippen LogP contribution in [0.3, 0.4) is 0 Å². The second-order valence-electron chi connectivity index (χ2n) is 10.0. The number of hydrogen-bond acceptors (Lipinski definition) is 5. The quantitative estimate of drug-likeness (QED) is 0.474. The lowest BCUT2D eigenvalue weighted by Gasteiger charge is -2.41. The summed E-state index contributed by atoms with van der Waals surface area (Å²) in [5, 5.41) is 9.74. The molecule has 1 saturated heterocycles. The van der Waals surface area contributed by atoms with E-state index in [4.69, 9.17) is 4.74 Å². The summed E-state index contributed by atoms with van der Waals surface area (Å²) in [6, 6.07) is 12.3. The molecule has 1 aromatic carbocycles. The van der Waals surface area contributed by atoms with E-state index in [9.17, 15) is 14.7 Å². The number of hydrogen-bond donors (Lipinski definition) is 1. The van der Waals surface area contributed by atoms with Gasteiger partial charge in [0.2, 0.25) is 11.0 Å². The Morgan fingerprint density at radius 3 is 2.29 bits per heavy atom. The lowest BCUT2D eigenvalue weighted by atomic mass is 9.82. The molecule has 0 spiro atoms. The zero-order valence-corrected chi connectivity index (χ0v) is 21.2. The first kappa shape index (κ1) is 24.7. The van der Waals surface area contributed by atoms with Gasteiger partial charge in [-0.25, -0.2) is 4.79 Å². The molecule has 1 N–H and O–H groups in total. The number of thiophene rings is 1. The van der Waals surface area contributed by atoms with Gasteiger partial charge in [-0.1, -0.05) is 48.6 Å². The smallest absolute Gasteiger partial charge is 0.449 e. The standard InChI is InChI=1S/C27H36N2O4S/c1-18(2)28-15-13-22(14-16-28)29(25(30)21-11-9-19(3)10-12-21)23-17-24(20-7-5-4-6-8-20)34-26(23)33-27(31)32/h4-8,17-19,21-22H,9-16H2,1-3H3,(H,31,32). The summed E-state index contributed by atoms with van der Waals surface area (Å²) < 4.78 is 5.26. The molecule has 0 atom stereocenters. The van der Waals surface area contributed by atoms with Crippen LogP contribution in [0.4, 0.5) is 10.5 Å². The van der Waals surface area contributed by atoms with E-state index in [2.05, 4.69) is 25.7 Å². The molecule has 0 unspecified atom stereocenters. The molecule has 6 nitrogen and oxygen atoms in total. The van der Waals surface area contributed by atoms with Crippen molar-refractivity contribution in [2.45, 2.75) is 71.4 Å². The van der Waals surface area contributed by atoms with E-state index >= 15 is 0 Å². The van der Waals surface area contributed by atoms with E-state index in [1.54, 1.807) is 0 Å². The maximum Gasteiger partial charge on any atom is 0.512 e. The Morgan fingerprint density at radius 2 is 1.71 bits per heavy atom. The van der Waals surface area contributed by atoms with Crippen molar-refractivity contribution in [3.05, 3.63) is 36.4 Å². The highest BCUT2D eigenvalue weighted by Crippen LogP contribution is 2.45. The van der Waals surface area contributed by atoms with Crippen molar-refractivity contribution in [2.24, 2.45) is 11.8 Å². The number of ether oxygens (including phenoxy) is 1. The molecule has 1 saturated carbocycles. The van der Waals surface area contributed by atoms with Gasteiger partial charge in [-0.15, -0.1) is 0 Å². The number of carboxylic acid groups (broad SMARTS) is 1. The highest BCUT2D eigenvalue weighted by molar-refractivity contribution is 7.18. The minimum atomic E-state index is -1.35. The average Bonchev–Trinajstić information content (AvgIpc) is 3.23. The molecule has 2 aromatic rings. The highest BCUT2D eigenvalue weighted by Gasteiger charge is 2.37. The minimum absolute atomic E-state index is 0.0166. The normalized spacial score (nSPS) is 22.0.